The van der Waals surface area contributed by atoms with Gasteiger partial charge in [-0.15, -0.1) is 11.3 Å². The molecule has 2 rings (SSSR count). The molecule has 1 aromatic heterocycles. The lowest BCUT2D eigenvalue weighted by atomic mass is 10.1. The fourth-order valence-corrected chi connectivity index (χ4v) is 2.66. The number of benzene rings is 1. The van der Waals surface area contributed by atoms with Gasteiger partial charge in [0.2, 0.25) is 5.91 Å². The zero-order valence-electron chi connectivity index (χ0n) is 11.5. The van der Waals surface area contributed by atoms with Crippen LogP contribution in [0.1, 0.15) is 22.9 Å². The first-order valence-electron chi connectivity index (χ1n) is 6.54. The summed E-state index contributed by atoms with van der Waals surface area (Å²) in [6.07, 6.45) is 2.34. The second-order valence-electron chi connectivity index (χ2n) is 4.53. The van der Waals surface area contributed by atoms with Gasteiger partial charge in [0, 0.05) is 16.5 Å². The molecule has 6 heteroatoms. The van der Waals surface area contributed by atoms with Crippen LogP contribution < -0.4 is 5.32 Å². The minimum atomic E-state index is -1.00. The van der Waals surface area contributed by atoms with Gasteiger partial charge < -0.3 is 10.4 Å². The number of halogens is 1. The molecule has 0 fully saturated rings. The van der Waals surface area contributed by atoms with Crippen LogP contribution in [0.3, 0.4) is 0 Å². The predicted octanol–water partition coefficient (Wildman–Crippen LogP) is 3.23. The van der Waals surface area contributed by atoms with Gasteiger partial charge in [0.1, 0.15) is 5.82 Å². The lowest BCUT2D eigenvalue weighted by Crippen LogP contribution is -2.28. The smallest absolute Gasteiger partial charge is 0.305 e. The number of carbonyl (C=O) groups is 2. The van der Waals surface area contributed by atoms with Crippen molar-refractivity contribution in [1.29, 1.82) is 0 Å². The Hall–Kier alpha value is -2.47. The van der Waals surface area contributed by atoms with Crippen LogP contribution >= 0.6 is 11.3 Å². The molecule has 114 valence electrons. The van der Waals surface area contributed by atoms with E-state index in [1.165, 1.54) is 29.6 Å². The minimum Gasteiger partial charge on any atom is -0.481 e. The van der Waals surface area contributed by atoms with E-state index in [0.717, 1.165) is 4.88 Å². The maximum atomic E-state index is 13.4. The van der Waals surface area contributed by atoms with Gasteiger partial charge in [0.25, 0.3) is 0 Å². The molecule has 4 nitrogen and oxygen atoms in total. The van der Waals surface area contributed by atoms with Gasteiger partial charge in [-0.05, 0) is 23.6 Å². The average molecular weight is 319 g/mol. The van der Waals surface area contributed by atoms with E-state index in [0.29, 0.717) is 5.56 Å². The van der Waals surface area contributed by atoms with Crippen molar-refractivity contribution < 1.29 is 19.1 Å². The third kappa shape index (κ3) is 4.53. The summed E-state index contributed by atoms with van der Waals surface area (Å²) < 4.78 is 13.4. The lowest BCUT2D eigenvalue weighted by molar-refractivity contribution is -0.137. The second-order valence-corrected chi connectivity index (χ2v) is 5.51. The Balaban J connectivity index is 2.05. The Morgan fingerprint density at radius 3 is 2.68 bits per heavy atom. The number of carboxylic acids is 1. The summed E-state index contributed by atoms with van der Waals surface area (Å²) >= 11 is 1.37. The normalized spacial score (nSPS) is 12.2. The largest absolute Gasteiger partial charge is 0.481 e. The topological polar surface area (TPSA) is 66.4 Å². The third-order valence-electron chi connectivity index (χ3n) is 2.90. The molecule has 0 bridgehead atoms. The minimum absolute atomic E-state index is 0.209. The molecule has 2 N–H and O–H groups in total. The molecule has 0 aliphatic carbocycles. The Labute approximate surface area is 130 Å². The number of hydrogen-bond donors (Lipinski definition) is 2. The number of nitrogens with one attached hydrogen (secondary N) is 1. The molecule has 1 unspecified atom stereocenters. The summed E-state index contributed by atoms with van der Waals surface area (Å²) in [4.78, 5) is 23.6. The quantitative estimate of drug-likeness (QED) is 0.803. The van der Waals surface area contributed by atoms with Gasteiger partial charge >= 0.3 is 5.97 Å². The molecular weight excluding hydrogens is 305 g/mol. The van der Waals surface area contributed by atoms with Crippen molar-refractivity contribution in [1.82, 2.24) is 5.32 Å². The summed E-state index contributed by atoms with van der Waals surface area (Å²) in [6, 6.07) is 9.03. The van der Waals surface area contributed by atoms with Crippen LogP contribution in [0.2, 0.25) is 0 Å². The number of aliphatic carboxylic acids is 1. The highest BCUT2D eigenvalue weighted by Crippen LogP contribution is 2.22. The van der Waals surface area contributed by atoms with Crippen LogP contribution in [0.25, 0.3) is 6.08 Å². The molecule has 1 heterocycles. The SMILES string of the molecule is O=C(O)CC(NC(=O)C=Cc1ccccc1F)c1cccs1. The first-order valence-corrected chi connectivity index (χ1v) is 7.42. The monoisotopic (exact) mass is 319 g/mol. The molecule has 1 atom stereocenters. The van der Waals surface area contributed by atoms with E-state index in [2.05, 4.69) is 5.32 Å². The first-order chi connectivity index (χ1) is 10.6. The van der Waals surface area contributed by atoms with Crippen molar-refractivity contribution in [3.8, 4) is 0 Å². The molecular formula is C16H14FNO3S. The van der Waals surface area contributed by atoms with Crippen molar-refractivity contribution in [2.75, 3.05) is 0 Å². The van der Waals surface area contributed by atoms with Crippen molar-refractivity contribution in [3.05, 3.63) is 64.1 Å². The van der Waals surface area contributed by atoms with Crippen LogP contribution in [0.15, 0.2) is 47.9 Å². The van der Waals surface area contributed by atoms with Crippen molar-refractivity contribution in [2.45, 2.75) is 12.5 Å². The van der Waals surface area contributed by atoms with Crippen LogP contribution in [0, 0.1) is 5.82 Å². The fraction of sp³-hybridized carbons (Fsp3) is 0.125. The van der Waals surface area contributed by atoms with E-state index >= 15 is 0 Å². The summed E-state index contributed by atoms with van der Waals surface area (Å²) in [5.41, 5.74) is 0.295. The van der Waals surface area contributed by atoms with E-state index in [-0.39, 0.29) is 6.42 Å². The fourth-order valence-electron chi connectivity index (χ4n) is 1.88. The van der Waals surface area contributed by atoms with Crippen molar-refractivity contribution in [3.63, 3.8) is 0 Å². The summed E-state index contributed by atoms with van der Waals surface area (Å²) in [7, 11) is 0. The number of carbonyl (C=O) groups excluding carboxylic acids is 1. The zero-order valence-corrected chi connectivity index (χ0v) is 12.3. The number of rotatable bonds is 6. The molecule has 1 amide bonds. The maximum Gasteiger partial charge on any atom is 0.305 e. The average Bonchev–Trinajstić information content (AvgIpc) is 2.99. The molecule has 0 aliphatic rings. The first kappa shape index (κ1) is 15.9. The van der Waals surface area contributed by atoms with Crippen molar-refractivity contribution in [2.24, 2.45) is 0 Å². The summed E-state index contributed by atoms with van der Waals surface area (Å²) in [5, 5.41) is 13.4. The highest BCUT2D eigenvalue weighted by Gasteiger charge is 2.17. The van der Waals surface area contributed by atoms with Crippen LogP contribution in [0.5, 0.6) is 0 Å². The zero-order chi connectivity index (χ0) is 15.9. The molecule has 0 saturated heterocycles. The molecule has 1 aromatic carbocycles. The van der Waals surface area contributed by atoms with Gasteiger partial charge in [-0.3, -0.25) is 9.59 Å². The second kappa shape index (κ2) is 7.51. The highest BCUT2D eigenvalue weighted by atomic mass is 32.1. The summed E-state index contributed by atoms with van der Waals surface area (Å²) in [6.45, 7) is 0. The molecule has 2 aromatic rings. The molecule has 0 radical (unpaired) electrons. The molecule has 0 aliphatic heterocycles. The Bertz CT molecular complexity index is 682. The number of amides is 1. The number of hydrogen-bond acceptors (Lipinski definition) is 3. The van der Waals surface area contributed by atoms with E-state index in [9.17, 15) is 14.0 Å². The van der Waals surface area contributed by atoms with E-state index in [4.69, 9.17) is 5.11 Å². The highest BCUT2D eigenvalue weighted by molar-refractivity contribution is 7.10. The van der Waals surface area contributed by atoms with Gasteiger partial charge in [-0.2, -0.15) is 0 Å². The number of thiophene rings is 1. The van der Waals surface area contributed by atoms with Crippen LogP contribution in [-0.4, -0.2) is 17.0 Å². The van der Waals surface area contributed by atoms with E-state index in [1.54, 1.807) is 30.3 Å². The Morgan fingerprint density at radius 2 is 2.05 bits per heavy atom. The maximum absolute atomic E-state index is 13.4. The van der Waals surface area contributed by atoms with Gasteiger partial charge in [0.15, 0.2) is 0 Å². The summed E-state index contributed by atoms with van der Waals surface area (Å²) in [5.74, 6) is -1.90. The van der Waals surface area contributed by atoms with E-state index < -0.39 is 23.7 Å². The van der Waals surface area contributed by atoms with Gasteiger partial charge in [-0.1, -0.05) is 24.3 Å². The van der Waals surface area contributed by atoms with Gasteiger partial charge in [0.05, 0.1) is 12.5 Å². The Morgan fingerprint density at radius 1 is 1.27 bits per heavy atom. The van der Waals surface area contributed by atoms with Crippen molar-refractivity contribution >= 4 is 29.3 Å². The third-order valence-corrected chi connectivity index (χ3v) is 3.89. The molecule has 22 heavy (non-hydrogen) atoms. The molecule has 0 spiro atoms. The van der Waals surface area contributed by atoms with E-state index in [1.807, 2.05) is 5.38 Å². The predicted molar refractivity (Wildman–Crippen MR) is 82.9 cm³/mol. The van der Waals surface area contributed by atoms with Crippen LogP contribution in [-0.2, 0) is 9.59 Å². The Kier molecular flexibility index (Phi) is 5.43. The standard InChI is InChI=1S/C16H14FNO3S/c17-12-5-2-1-4-11(12)7-8-15(19)18-13(10-16(20)21)14-6-3-9-22-14/h1-9,13H,10H2,(H,18,19)(H,20,21). The van der Waals surface area contributed by atoms with Crippen LogP contribution in [0.4, 0.5) is 4.39 Å². The van der Waals surface area contributed by atoms with Gasteiger partial charge in [-0.25, -0.2) is 4.39 Å². The number of carboxylic acid groups (broad SMARTS) is 1. The molecule has 0 saturated carbocycles. The lowest BCUT2D eigenvalue weighted by Gasteiger charge is -2.14.